The highest BCUT2D eigenvalue weighted by molar-refractivity contribution is 4.94. The van der Waals surface area contributed by atoms with Gasteiger partial charge in [-0.05, 0) is 44.6 Å². The van der Waals surface area contributed by atoms with Crippen LogP contribution in [-0.2, 0) is 4.74 Å². The average molecular weight is 241 g/mol. The van der Waals surface area contributed by atoms with E-state index < -0.39 is 0 Å². The van der Waals surface area contributed by atoms with Crippen LogP contribution in [0.1, 0.15) is 44.9 Å². The van der Waals surface area contributed by atoms with Crippen LogP contribution in [0, 0.1) is 11.3 Å². The summed E-state index contributed by atoms with van der Waals surface area (Å²) in [6.45, 7) is 4.44. The second-order valence-corrected chi connectivity index (χ2v) is 5.89. The van der Waals surface area contributed by atoms with Gasteiger partial charge >= 0.3 is 0 Å². The molecule has 0 aromatic carbocycles. The largest absolute Gasteiger partial charge is 0.396 e. The minimum Gasteiger partial charge on any atom is -0.396 e. The van der Waals surface area contributed by atoms with Crippen molar-refractivity contribution in [2.24, 2.45) is 11.3 Å². The Labute approximate surface area is 105 Å². The first-order valence-electron chi connectivity index (χ1n) is 7.24. The first kappa shape index (κ1) is 13.3. The summed E-state index contributed by atoms with van der Waals surface area (Å²) in [5.74, 6) is 0.913. The van der Waals surface area contributed by atoms with E-state index in [0.717, 1.165) is 32.2 Å². The van der Waals surface area contributed by atoms with E-state index in [9.17, 15) is 5.11 Å². The highest BCUT2D eigenvalue weighted by Gasteiger charge is 2.41. The molecule has 2 aliphatic rings. The zero-order valence-corrected chi connectivity index (χ0v) is 10.9. The van der Waals surface area contributed by atoms with Crippen molar-refractivity contribution in [2.75, 3.05) is 32.9 Å². The second-order valence-electron chi connectivity index (χ2n) is 5.89. The summed E-state index contributed by atoms with van der Waals surface area (Å²) in [6.07, 6.45) is 8.93. The van der Waals surface area contributed by atoms with Gasteiger partial charge in [-0.2, -0.15) is 0 Å². The zero-order chi connectivity index (χ0) is 12.0. The van der Waals surface area contributed by atoms with Gasteiger partial charge in [-0.15, -0.1) is 0 Å². The van der Waals surface area contributed by atoms with E-state index in [1.165, 1.54) is 44.9 Å². The molecule has 2 N–H and O–H groups in total. The van der Waals surface area contributed by atoms with Crippen LogP contribution in [0.2, 0.25) is 0 Å². The molecule has 0 spiro atoms. The predicted molar refractivity (Wildman–Crippen MR) is 69.0 cm³/mol. The maximum absolute atomic E-state index is 9.18. The average Bonchev–Trinajstić information content (AvgIpc) is 3.16. The molecule has 1 aliphatic carbocycles. The SMILES string of the molecule is OCC1(CNCCCCC2CCOCC2)CC1. The molecule has 1 saturated heterocycles. The van der Waals surface area contributed by atoms with Crippen molar-refractivity contribution in [1.82, 2.24) is 5.32 Å². The molecule has 0 aromatic heterocycles. The number of ether oxygens (including phenoxy) is 1. The Hall–Kier alpha value is -0.120. The summed E-state index contributed by atoms with van der Waals surface area (Å²) in [7, 11) is 0. The number of rotatable bonds is 8. The summed E-state index contributed by atoms with van der Waals surface area (Å²) < 4.78 is 5.37. The van der Waals surface area contributed by atoms with Crippen molar-refractivity contribution >= 4 is 0 Å². The molecule has 2 fully saturated rings. The molecule has 1 saturated carbocycles. The summed E-state index contributed by atoms with van der Waals surface area (Å²) in [4.78, 5) is 0. The number of nitrogens with one attached hydrogen (secondary N) is 1. The van der Waals surface area contributed by atoms with Crippen LogP contribution in [-0.4, -0.2) is 38.0 Å². The van der Waals surface area contributed by atoms with Gasteiger partial charge in [0.25, 0.3) is 0 Å². The molecule has 0 radical (unpaired) electrons. The van der Waals surface area contributed by atoms with E-state index in [-0.39, 0.29) is 5.41 Å². The molecular formula is C14H27NO2. The lowest BCUT2D eigenvalue weighted by molar-refractivity contribution is 0.0631. The van der Waals surface area contributed by atoms with Crippen LogP contribution >= 0.6 is 0 Å². The van der Waals surface area contributed by atoms with Gasteiger partial charge < -0.3 is 15.2 Å². The second kappa shape index (κ2) is 6.72. The molecule has 0 aromatic rings. The number of aliphatic hydroxyl groups excluding tert-OH is 1. The van der Waals surface area contributed by atoms with Gasteiger partial charge in [0.2, 0.25) is 0 Å². The third kappa shape index (κ3) is 4.57. The van der Waals surface area contributed by atoms with Crippen LogP contribution in [0.25, 0.3) is 0 Å². The highest BCUT2D eigenvalue weighted by atomic mass is 16.5. The minimum absolute atomic E-state index is 0.265. The molecule has 17 heavy (non-hydrogen) atoms. The molecule has 0 amide bonds. The fourth-order valence-corrected chi connectivity index (χ4v) is 2.64. The number of aliphatic hydroxyl groups is 1. The van der Waals surface area contributed by atoms with E-state index in [1.54, 1.807) is 0 Å². The number of unbranched alkanes of at least 4 members (excludes halogenated alkanes) is 1. The van der Waals surface area contributed by atoms with Gasteiger partial charge in [-0.1, -0.05) is 12.8 Å². The Bertz CT molecular complexity index is 210. The van der Waals surface area contributed by atoms with Crippen LogP contribution in [0.15, 0.2) is 0 Å². The Morgan fingerprint density at radius 2 is 1.94 bits per heavy atom. The fraction of sp³-hybridized carbons (Fsp3) is 1.00. The van der Waals surface area contributed by atoms with Crippen molar-refractivity contribution in [3.05, 3.63) is 0 Å². The molecule has 3 nitrogen and oxygen atoms in total. The van der Waals surface area contributed by atoms with E-state index in [1.807, 2.05) is 0 Å². The first-order chi connectivity index (χ1) is 8.35. The van der Waals surface area contributed by atoms with Gasteiger partial charge in [-0.3, -0.25) is 0 Å². The van der Waals surface area contributed by atoms with E-state index in [0.29, 0.717) is 6.61 Å². The lowest BCUT2D eigenvalue weighted by Crippen LogP contribution is -2.27. The van der Waals surface area contributed by atoms with Crippen LogP contribution in [0.3, 0.4) is 0 Å². The lowest BCUT2D eigenvalue weighted by Gasteiger charge is -2.21. The lowest BCUT2D eigenvalue weighted by atomic mass is 9.94. The number of hydrogen-bond acceptors (Lipinski definition) is 3. The highest BCUT2D eigenvalue weighted by Crippen LogP contribution is 2.44. The topological polar surface area (TPSA) is 41.5 Å². The fourth-order valence-electron chi connectivity index (χ4n) is 2.64. The Morgan fingerprint density at radius 3 is 2.59 bits per heavy atom. The van der Waals surface area contributed by atoms with Crippen molar-refractivity contribution in [3.63, 3.8) is 0 Å². The molecule has 1 aliphatic heterocycles. The van der Waals surface area contributed by atoms with Crippen LogP contribution in [0.5, 0.6) is 0 Å². The van der Waals surface area contributed by atoms with E-state index in [2.05, 4.69) is 5.32 Å². The predicted octanol–water partition coefficient (Wildman–Crippen LogP) is 1.95. The van der Waals surface area contributed by atoms with E-state index >= 15 is 0 Å². The van der Waals surface area contributed by atoms with Gasteiger partial charge in [0.05, 0.1) is 0 Å². The molecule has 0 unspecified atom stereocenters. The summed E-state index contributed by atoms with van der Waals surface area (Å²) in [5, 5.41) is 12.7. The first-order valence-corrected chi connectivity index (χ1v) is 7.24. The van der Waals surface area contributed by atoms with Crippen LogP contribution < -0.4 is 5.32 Å². The number of hydrogen-bond donors (Lipinski definition) is 2. The molecule has 3 heteroatoms. The molecular weight excluding hydrogens is 214 g/mol. The third-order valence-corrected chi connectivity index (χ3v) is 4.35. The van der Waals surface area contributed by atoms with Crippen molar-refractivity contribution in [1.29, 1.82) is 0 Å². The minimum atomic E-state index is 0.265. The standard InChI is InChI=1S/C14H27NO2/c16-12-14(6-7-14)11-15-8-2-1-3-13-4-9-17-10-5-13/h13,15-16H,1-12H2. The van der Waals surface area contributed by atoms with Crippen molar-refractivity contribution in [2.45, 2.75) is 44.9 Å². The Morgan fingerprint density at radius 1 is 1.18 bits per heavy atom. The molecule has 0 bridgehead atoms. The molecule has 100 valence electrons. The monoisotopic (exact) mass is 241 g/mol. The van der Waals surface area contributed by atoms with E-state index in [4.69, 9.17) is 4.74 Å². The summed E-state index contributed by atoms with van der Waals surface area (Å²) >= 11 is 0. The van der Waals surface area contributed by atoms with Gasteiger partial charge in [0, 0.05) is 31.8 Å². The third-order valence-electron chi connectivity index (χ3n) is 4.35. The normalized spacial score (nSPS) is 23.8. The van der Waals surface area contributed by atoms with Gasteiger partial charge in [0.15, 0.2) is 0 Å². The maximum atomic E-state index is 9.18. The summed E-state index contributed by atoms with van der Waals surface area (Å²) in [6, 6.07) is 0. The van der Waals surface area contributed by atoms with Gasteiger partial charge in [-0.25, -0.2) is 0 Å². The zero-order valence-electron chi connectivity index (χ0n) is 10.9. The van der Waals surface area contributed by atoms with Gasteiger partial charge in [0.1, 0.15) is 0 Å². The maximum Gasteiger partial charge on any atom is 0.0499 e. The smallest absolute Gasteiger partial charge is 0.0499 e. The Balaban J connectivity index is 1.41. The molecule has 1 heterocycles. The van der Waals surface area contributed by atoms with Crippen molar-refractivity contribution < 1.29 is 9.84 Å². The molecule has 0 atom stereocenters. The molecule has 2 rings (SSSR count). The van der Waals surface area contributed by atoms with Crippen molar-refractivity contribution in [3.8, 4) is 0 Å². The summed E-state index contributed by atoms with van der Waals surface area (Å²) in [5.41, 5.74) is 0.265. The Kier molecular flexibility index (Phi) is 5.26. The quantitative estimate of drug-likeness (QED) is 0.638. The van der Waals surface area contributed by atoms with Crippen LogP contribution in [0.4, 0.5) is 0 Å².